The lowest BCUT2D eigenvalue weighted by atomic mass is 9.93. The third kappa shape index (κ3) is 4.57. The first-order chi connectivity index (χ1) is 12.1. The van der Waals surface area contributed by atoms with Gasteiger partial charge in [0.2, 0.25) is 0 Å². The number of rotatable bonds is 7. The molecule has 1 aromatic rings. The molecule has 0 N–H and O–H groups in total. The zero-order chi connectivity index (χ0) is 17.7. The average molecular weight is 348 g/mol. The molecule has 2 aliphatic rings. The Morgan fingerprint density at radius 1 is 1.12 bits per heavy atom. The molecule has 2 fully saturated rings. The Balaban J connectivity index is 1.43. The van der Waals surface area contributed by atoms with Gasteiger partial charge < -0.3 is 19.1 Å². The normalized spacial score (nSPS) is 23.8. The highest BCUT2D eigenvalue weighted by Gasteiger charge is 2.46. The number of carbonyl (C=O) groups excluding carboxylic acids is 1. The molecule has 6 nitrogen and oxygen atoms in total. The van der Waals surface area contributed by atoms with Gasteiger partial charge in [-0.1, -0.05) is 6.92 Å². The number of likely N-dealkylation sites (tertiary alicyclic amines) is 1. The summed E-state index contributed by atoms with van der Waals surface area (Å²) < 4.78 is 17.1. The molecule has 1 spiro atoms. The van der Waals surface area contributed by atoms with Gasteiger partial charge in [0.15, 0.2) is 0 Å². The Hall–Kier alpha value is -1.95. The summed E-state index contributed by atoms with van der Waals surface area (Å²) in [5.41, 5.74) is -0.331. The first kappa shape index (κ1) is 17.9. The van der Waals surface area contributed by atoms with Crippen LogP contribution in [-0.4, -0.2) is 67.9 Å². The molecule has 1 amide bonds. The fraction of sp³-hybridized carbons (Fsp3) is 0.632. The summed E-state index contributed by atoms with van der Waals surface area (Å²) in [7, 11) is 1.80. The summed E-state index contributed by atoms with van der Waals surface area (Å²) in [4.78, 5) is 15.7. The van der Waals surface area contributed by atoms with Gasteiger partial charge >= 0.3 is 6.09 Å². The van der Waals surface area contributed by atoms with Crippen LogP contribution in [0.3, 0.4) is 0 Å². The number of benzene rings is 1. The van der Waals surface area contributed by atoms with Crippen molar-refractivity contribution in [3.63, 3.8) is 0 Å². The zero-order valence-electron chi connectivity index (χ0n) is 15.2. The van der Waals surface area contributed by atoms with E-state index in [4.69, 9.17) is 14.2 Å². The number of nitrogens with zero attached hydrogens (tertiary/aromatic N) is 2. The van der Waals surface area contributed by atoms with Crippen LogP contribution in [0, 0.1) is 0 Å². The molecule has 2 aliphatic heterocycles. The molecule has 1 aromatic carbocycles. The van der Waals surface area contributed by atoms with E-state index in [1.807, 2.05) is 24.3 Å². The summed E-state index contributed by atoms with van der Waals surface area (Å²) in [5, 5.41) is 0. The number of hydrogen-bond donors (Lipinski definition) is 0. The molecule has 0 aromatic heterocycles. The Labute approximate surface area is 149 Å². The second-order valence-corrected chi connectivity index (χ2v) is 6.96. The van der Waals surface area contributed by atoms with Gasteiger partial charge in [0, 0.05) is 20.1 Å². The second kappa shape index (κ2) is 7.95. The molecule has 0 radical (unpaired) electrons. The minimum atomic E-state index is -0.331. The van der Waals surface area contributed by atoms with E-state index in [9.17, 15) is 4.79 Å². The number of likely N-dealkylation sites (N-methyl/N-ethyl adjacent to an activating group) is 1. The second-order valence-electron chi connectivity index (χ2n) is 6.96. The van der Waals surface area contributed by atoms with Gasteiger partial charge in [0.05, 0.1) is 13.2 Å². The zero-order valence-corrected chi connectivity index (χ0v) is 15.2. The van der Waals surface area contributed by atoms with Crippen molar-refractivity contribution < 1.29 is 19.0 Å². The first-order valence-electron chi connectivity index (χ1n) is 9.12. The van der Waals surface area contributed by atoms with E-state index in [1.165, 1.54) is 0 Å². The summed E-state index contributed by atoms with van der Waals surface area (Å²) in [5.74, 6) is 1.72. The predicted molar refractivity (Wildman–Crippen MR) is 95.2 cm³/mol. The largest absolute Gasteiger partial charge is 0.494 e. The van der Waals surface area contributed by atoms with Gasteiger partial charge in [-0.3, -0.25) is 4.90 Å². The minimum absolute atomic E-state index is 0.205. The van der Waals surface area contributed by atoms with Crippen LogP contribution in [0.1, 0.15) is 26.2 Å². The van der Waals surface area contributed by atoms with Crippen molar-refractivity contribution in [1.29, 1.82) is 0 Å². The molecule has 6 heteroatoms. The lowest BCUT2D eigenvalue weighted by Gasteiger charge is -2.38. The van der Waals surface area contributed by atoms with Crippen LogP contribution in [0.15, 0.2) is 24.3 Å². The molecule has 0 aliphatic carbocycles. The summed E-state index contributed by atoms with van der Waals surface area (Å²) >= 11 is 0. The van der Waals surface area contributed by atoms with Crippen LogP contribution < -0.4 is 9.47 Å². The first-order valence-corrected chi connectivity index (χ1v) is 9.12. The Bertz CT molecular complexity index is 577. The van der Waals surface area contributed by atoms with Crippen molar-refractivity contribution in [3.8, 4) is 11.5 Å². The Morgan fingerprint density at radius 2 is 1.80 bits per heavy atom. The number of ether oxygens (including phenoxy) is 3. The molecular formula is C19H28N2O4. The molecule has 2 saturated heterocycles. The van der Waals surface area contributed by atoms with E-state index in [0.717, 1.165) is 57.0 Å². The van der Waals surface area contributed by atoms with Crippen molar-refractivity contribution in [2.75, 3.05) is 46.4 Å². The number of hydrogen-bond acceptors (Lipinski definition) is 5. The Kier molecular flexibility index (Phi) is 5.68. The van der Waals surface area contributed by atoms with Crippen LogP contribution in [0.25, 0.3) is 0 Å². The van der Waals surface area contributed by atoms with E-state index < -0.39 is 0 Å². The molecule has 1 atom stereocenters. The number of amides is 1. The number of carbonyl (C=O) groups is 1. The molecular weight excluding hydrogens is 320 g/mol. The molecule has 25 heavy (non-hydrogen) atoms. The van der Waals surface area contributed by atoms with Gasteiger partial charge in [0.25, 0.3) is 0 Å². The predicted octanol–water partition coefficient (Wildman–Crippen LogP) is 2.77. The average Bonchev–Trinajstić information content (AvgIpc) is 2.87. The third-order valence-corrected chi connectivity index (χ3v) is 4.73. The lowest BCUT2D eigenvalue weighted by Crippen LogP contribution is -2.51. The standard InChI is InChI=1S/C19H28N2O4/c1-3-12-23-16-5-7-17(8-6-16)24-13-11-21-10-4-9-19(15-21)14-20(2)18(22)25-19/h5-8H,3-4,9-15H2,1-2H3. The van der Waals surface area contributed by atoms with Gasteiger partial charge in [-0.15, -0.1) is 0 Å². The summed E-state index contributed by atoms with van der Waals surface area (Å²) in [6.45, 7) is 6.77. The van der Waals surface area contributed by atoms with E-state index in [2.05, 4.69) is 11.8 Å². The molecule has 2 heterocycles. The molecule has 1 unspecified atom stereocenters. The Morgan fingerprint density at radius 3 is 2.40 bits per heavy atom. The van der Waals surface area contributed by atoms with Crippen LogP contribution in [-0.2, 0) is 4.74 Å². The maximum Gasteiger partial charge on any atom is 0.410 e. The fourth-order valence-electron chi connectivity index (χ4n) is 3.53. The highest BCUT2D eigenvalue weighted by Crippen LogP contribution is 2.31. The van der Waals surface area contributed by atoms with Gasteiger partial charge in [-0.05, 0) is 50.1 Å². The van der Waals surface area contributed by atoms with Crippen molar-refractivity contribution in [1.82, 2.24) is 9.80 Å². The lowest BCUT2D eigenvalue weighted by molar-refractivity contribution is -0.0116. The van der Waals surface area contributed by atoms with Crippen molar-refractivity contribution in [2.24, 2.45) is 0 Å². The van der Waals surface area contributed by atoms with Crippen LogP contribution in [0.5, 0.6) is 11.5 Å². The summed E-state index contributed by atoms with van der Waals surface area (Å²) in [6, 6.07) is 7.76. The molecule has 0 saturated carbocycles. The maximum absolute atomic E-state index is 11.7. The monoisotopic (exact) mass is 348 g/mol. The van der Waals surface area contributed by atoms with E-state index in [1.54, 1.807) is 11.9 Å². The maximum atomic E-state index is 11.7. The van der Waals surface area contributed by atoms with E-state index in [-0.39, 0.29) is 11.7 Å². The highest BCUT2D eigenvalue weighted by molar-refractivity contribution is 5.70. The highest BCUT2D eigenvalue weighted by atomic mass is 16.6. The molecule has 3 rings (SSSR count). The topological polar surface area (TPSA) is 51.2 Å². The van der Waals surface area contributed by atoms with Crippen molar-refractivity contribution in [2.45, 2.75) is 31.8 Å². The molecule has 138 valence electrons. The fourth-order valence-corrected chi connectivity index (χ4v) is 3.53. The molecule has 0 bridgehead atoms. The summed E-state index contributed by atoms with van der Waals surface area (Å²) in [6.07, 6.45) is 2.79. The van der Waals surface area contributed by atoms with Gasteiger partial charge in [-0.25, -0.2) is 4.79 Å². The van der Waals surface area contributed by atoms with Gasteiger partial charge in [0.1, 0.15) is 23.7 Å². The van der Waals surface area contributed by atoms with Crippen LogP contribution >= 0.6 is 0 Å². The van der Waals surface area contributed by atoms with Gasteiger partial charge in [-0.2, -0.15) is 0 Å². The minimum Gasteiger partial charge on any atom is -0.494 e. The SMILES string of the molecule is CCCOc1ccc(OCCN2CCCC3(C2)CN(C)C(=O)O3)cc1. The van der Waals surface area contributed by atoms with Crippen molar-refractivity contribution in [3.05, 3.63) is 24.3 Å². The quantitative estimate of drug-likeness (QED) is 0.758. The number of piperidine rings is 1. The van der Waals surface area contributed by atoms with E-state index in [0.29, 0.717) is 13.2 Å². The smallest absolute Gasteiger partial charge is 0.410 e. The van der Waals surface area contributed by atoms with Crippen LogP contribution in [0.2, 0.25) is 0 Å². The van der Waals surface area contributed by atoms with Crippen LogP contribution in [0.4, 0.5) is 4.79 Å². The third-order valence-electron chi connectivity index (χ3n) is 4.73. The van der Waals surface area contributed by atoms with E-state index >= 15 is 0 Å². The van der Waals surface area contributed by atoms with Crippen molar-refractivity contribution >= 4 is 6.09 Å².